The zero-order chi connectivity index (χ0) is 11.2. The fourth-order valence-corrected chi connectivity index (χ4v) is 2.49. The second kappa shape index (κ2) is 9.55. The molecular weight excluding hydrogens is 293 g/mol. The van der Waals surface area contributed by atoms with Crippen molar-refractivity contribution >= 4 is 42.1 Å². The van der Waals surface area contributed by atoms with E-state index in [9.17, 15) is 4.79 Å². The molecule has 1 aliphatic heterocycles. The standard InChI is InChI=1S/C11H17N3OS.2ClH/c15-10(7-9-1-3-12-4-2-9)14-8-11-13-5-6-16-11;;/h5-6,9,12H,1-4,7-8H2,(H,14,15);2*1H. The molecule has 0 unspecified atom stereocenters. The van der Waals surface area contributed by atoms with E-state index in [0.29, 0.717) is 18.9 Å². The summed E-state index contributed by atoms with van der Waals surface area (Å²) in [5.74, 6) is 0.708. The van der Waals surface area contributed by atoms with Crippen LogP contribution in [0.2, 0.25) is 0 Å². The number of piperidine rings is 1. The van der Waals surface area contributed by atoms with Crippen molar-refractivity contribution in [3.63, 3.8) is 0 Å². The zero-order valence-corrected chi connectivity index (χ0v) is 12.5. The minimum Gasteiger partial charge on any atom is -0.350 e. The van der Waals surface area contributed by atoms with Gasteiger partial charge in [0.1, 0.15) is 5.01 Å². The average molecular weight is 312 g/mol. The fraction of sp³-hybridized carbons (Fsp3) is 0.636. The smallest absolute Gasteiger partial charge is 0.220 e. The Bertz CT molecular complexity index is 329. The van der Waals surface area contributed by atoms with Crippen LogP contribution in [-0.4, -0.2) is 24.0 Å². The molecule has 0 bridgehead atoms. The van der Waals surface area contributed by atoms with Gasteiger partial charge in [0.2, 0.25) is 5.91 Å². The lowest BCUT2D eigenvalue weighted by molar-refractivity contribution is -0.122. The molecule has 2 rings (SSSR count). The molecule has 0 atom stereocenters. The number of amides is 1. The Balaban J connectivity index is 0.00000144. The van der Waals surface area contributed by atoms with Gasteiger partial charge < -0.3 is 10.6 Å². The Morgan fingerprint density at radius 2 is 2.17 bits per heavy atom. The molecule has 2 N–H and O–H groups in total. The van der Waals surface area contributed by atoms with Crippen LogP contribution in [0.25, 0.3) is 0 Å². The summed E-state index contributed by atoms with van der Waals surface area (Å²) in [5, 5.41) is 9.12. The Labute approximate surface area is 124 Å². The Hall–Kier alpha value is -0.360. The molecule has 1 aromatic rings. The molecule has 1 saturated heterocycles. The summed E-state index contributed by atoms with van der Waals surface area (Å²) in [6.07, 6.45) is 4.65. The number of nitrogens with one attached hydrogen (secondary N) is 2. The molecule has 0 aromatic carbocycles. The summed E-state index contributed by atoms with van der Waals surface area (Å²) in [7, 11) is 0. The number of hydrogen-bond acceptors (Lipinski definition) is 4. The molecule has 4 nitrogen and oxygen atoms in total. The molecule has 1 amide bonds. The fourth-order valence-electron chi connectivity index (χ4n) is 1.93. The maximum atomic E-state index is 11.7. The number of thiazole rings is 1. The van der Waals surface area contributed by atoms with Gasteiger partial charge in [0.05, 0.1) is 6.54 Å². The highest BCUT2D eigenvalue weighted by atomic mass is 35.5. The second-order valence-corrected chi connectivity index (χ2v) is 5.08. The van der Waals surface area contributed by atoms with Gasteiger partial charge in [0.25, 0.3) is 0 Å². The topological polar surface area (TPSA) is 54.0 Å². The van der Waals surface area contributed by atoms with Crippen LogP contribution in [-0.2, 0) is 11.3 Å². The molecule has 0 radical (unpaired) electrons. The normalized spacial score (nSPS) is 15.3. The van der Waals surface area contributed by atoms with Gasteiger partial charge in [0.15, 0.2) is 0 Å². The van der Waals surface area contributed by atoms with E-state index in [1.54, 1.807) is 17.5 Å². The maximum Gasteiger partial charge on any atom is 0.220 e. The van der Waals surface area contributed by atoms with Crippen molar-refractivity contribution in [3.05, 3.63) is 16.6 Å². The van der Waals surface area contributed by atoms with Gasteiger partial charge in [-0.15, -0.1) is 36.2 Å². The van der Waals surface area contributed by atoms with Gasteiger partial charge in [-0.2, -0.15) is 0 Å². The lowest BCUT2D eigenvalue weighted by Gasteiger charge is -2.21. The number of hydrogen-bond donors (Lipinski definition) is 2. The largest absolute Gasteiger partial charge is 0.350 e. The van der Waals surface area contributed by atoms with Gasteiger partial charge in [-0.1, -0.05) is 0 Å². The van der Waals surface area contributed by atoms with Crippen molar-refractivity contribution in [2.45, 2.75) is 25.8 Å². The maximum absolute atomic E-state index is 11.7. The second-order valence-electron chi connectivity index (χ2n) is 4.10. The molecule has 18 heavy (non-hydrogen) atoms. The van der Waals surface area contributed by atoms with Gasteiger partial charge in [-0.25, -0.2) is 4.98 Å². The van der Waals surface area contributed by atoms with Crippen molar-refractivity contribution < 1.29 is 4.79 Å². The van der Waals surface area contributed by atoms with Gasteiger partial charge in [0, 0.05) is 18.0 Å². The molecule has 0 spiro atoms. The summed E-state index contributed by atoms with van der Waals surface area (Å²) >= 11 is 1.58. The van der Waals surface area contributed by atoms with Crippen LogP contribution in [0, 0.1) is 5.92 Å². The lowest BCUT2D eigenvalue weighted by atomic mass is 9.94. The molecule has 0 saturated carbocycles. The highest BCUT2D eigenvalue weighted by Gasteiger charge is 2.16. The van der Waals surface area contributed by atoms with E-state index in [0.717, 1.165) is 30.9 Å². The Kier molecular flexibility index (Phi) is 9.36. The molecule has 0 aliphatic carbocycles. The minimum absolute atomic E-state index is 0. The number of halogens is 2. The first-order valence-electron chi connectivity index (χ1n) is 5.70. The first kappa shape index (κ1) is 17.6. The van der Waals surface area contributed by atoms with Crippen LogP contribution in [0.5, 0.6) is 0 Å². The average Bonchev–Trinajstić information content (AvgIpc) is 2.81. The van der Waals surface area contributed by atoms with Crippen molar-refractivity contribution in [1.29, 1.82) is 0 Å². The number of nitrogens with zero attached hydrogens (tertiary/aromatic N) is 1. The highest BCUT2D eigenvalue weighted by Crippen LogP contribution is 2.15. The van der Waals surface area contributed by atoms with E-state index < -0.39 is 0 Å². The van der Waals surface area contributed by atoms with E-state index >= 15 is 0 Å². The van der Waals surface area contributed by atoms with Crippen molar-refractivity contribution in [3.8, 4) is 0 Å². The Morgan fingerprint density at radius 1 is 1.44 bits per heavy atom. The summed E-state index contributed by atoms with van der Waals surface area (Å²) in [4.78, 5) is 15.8. The minimum atomic E-state index is 0. The van der Waals surface area contributed by atoms with Crippen LogP contribution in [0.4, 0.5) is 0 Å². The van der Waals surface area contributed by atoms with E-state index in [1.165, 1.54) is 0 Å². The third kappa shape index (κ3) is 6.00. The number of rotatable bonds is 4. The third-order valence-electron chi connectivity index (χ3n) is 2.85. The molecule has 1 fully saturated rings. The van der Waals surface area contributed by atoms with Crippen LogP contribution >= 0.6 is 36.2 Å². The zero-order valence-electron chi connectivity index (χ0n) is 10.1. The molecule has 7 heteroatoms. The molecule has 1 aromatic heterocycles. The van der Waals surface area contributed by atoms with Crippen LogP contribution in [0.3, 0.4) is 0 Å². The summed E-state index contributed by atoms with van der Waals surface area (Å²) < 4.78 is 0. The van der Waals surface area contributed by atoms with Crippen LogP contribution in [0.1, 0.15) is 24.3 Å². The van der Waals surface area contributed by atoms with Crippen LogP contribution in [0.15, 0.2) is 11.6 Å². The lowest BCUT2D eigenvalue weighted by Crippen LogP contribution is -2.32. The number of aromatic nitrogens is 1. The first-order chi connectivity index (χ1) is 7.84. The molecular formula is C11H19Cl2N3OS. The van der Waals surface area contributed by atoms with E-state index in [4.69, 9.17) is 0 Å². The van der Waals surface area contributed by atoms with E-state index in [-0.39, 0.29) is 30.7 Å². The van der Waals surface area contributed by atoms with E-state index in [2.05, 4.69) is 15.6 Å². The first-order valence-corrected chi connectivity index (χ1v) is 6.58. The molecule has 1 aliphatic rings. The summed E-state index contributed by atoms with van der Waals surface area (Å²) in [6, 6.07) is 0. The SMILES string of the molecule is Cl.Cl.O=C(CC1CCNCC1)NCc1nccs1. The highest BCUT2D eigenvalue weighted by molar-refractivity contribution is 7.09. The molecule has 2 heterocycles. The summed E-state index contributed by atoms with van der Waals surface area (Å²) in [5.41, 5.74) is 0. The van der Waals surface area contributed by atoms with Gasteiger partial charge in [-0.05, 0) is 31.8 Å². The predicted octanol–water partition coefficient (Wildman–Crippen LogP) is 1.99. The summed E-state index contributed by atoms with van der Waals surface area (Å²) in [6.45, 7) is 2.66. The van der Waals surface area contributed by atoms with Gasteiger partial charge >= 0.3 is 0 Å². The van der Waals surface area contributed by atoms with Crippen molar-refractivity contribution in [1.82, 2.24) is 15.6 Å². The van der Waals surface area contributed by atoms with Gasteiger partial charge in [-0.3, -0.25) is 4.79 Å². The third-order valence-corrected chi connectivity index (χ3v) is 3.63. The van der Waals surface area contributed by atoms with Crippen molar-refractivity contribution in [2.24, 2.45) is 5.92 Å². The molecule has 104 valence electrons. The predicted molar refractivity (Wildman–Crippen MR) is 78.7 cm³/mol. The quantitative estimate of drug-likeness (QED) is 0.894. The monoisotopic (exact) mass is 311 g/mol. The number of carbonyl (C=O) groups is 1. The van der Waals surface area contributed by atoms with Crippen molar-refractivity contribution in [2.75, 3.05) is 13.1 Å². The van der Waals surface area contributed by atoms with E-state index in [1.807, 2.05) is 5.38 Å². The Morgan fingerprint density at radius 3 is 2.78 bits per heavy atom. The number of carbonyl (C=O) groups excluding carboxylic acids is 1. The van der Waals surface area contributed by atoms with Crippen LogP contribution < -0.4 is 10.6 Å².